The number of nitrogens with one attached hydrogen (secondary N) is 2. The number of ether oxygens (including phenoxy) is 1. The third-order valence-electron chi connectivity index (χ3n) is 6.61. The summed E-state index contributed by atoms with van der Waals surface area (Å²) in [6, 6.07) is 18.8. The van der Waals surface area contributed by atoms with E-state index in [1.165, 1.54) is 12.1 Å². The number of H-pyrrole nitrogens is 1. The summed E-state index contributed by atoms with van der Waals surface area (Å²) in [6.07, 6.45) is 0. The number of nitrogens with zero attached hydrogens (tertiary/aromatic N) is 3. The van der Waals surface area contributed by atoms with Gasteiger partial charge in [0, 0.05) is 23.7 Å². The Labute approximate surface area is 211 Å². The highest BCUT2D eigenvalue weighted by Gasteiger charge is 2.24. The summed E-state index contributed by atoms with van der Waals surface area (Å²) in [5.41, 5.74) is 7.14. The second kappa shape index (κ2) is 9.18. The third kappa shape index (κ3) is 4.13. The van der Waals surface area contributed by atoms with Gasteiger partial charge in [-0.1, -0.05) is 29.4 Å². The van der Waals surface area contributed by atoms with Gasteiger partial charge in [0.25, 0.3) is 0 Å². The monoisotopic (exact) mass is 497 g/mol. The predicted octanol–water partition coefficient (Wildman–Crippen LogP) is 4.49. The van der Waals surface area contributed by atoms with Crippen LogP contribution in [0.4, 0.5) is 4.39 Å². The molecule has 3 aromatic carbocycles. The van der Waals surface area contributed by atoms with E-state index in [-0.39, 0.29) is 12.4 Å². The molecule has 0 unspecified atom stereocenters. The number of para-hydroxylation sites is 2. The molecule has 37 heavy (non-hydrogen) atoms. The molecule has 2 N–H and O–H groups in total. The molecule has 0 spiro atoms. The van der Waals surface area contributed by atoms with Gasteiger partial charge in [-0.05, 0) is 66.6 Å². The SMILES string of the molecule is CNCc1nc2ccccc2n1Cc1ccc2c(c1)COc1cc(F)ccc1/C2=C(\C)c1noc(=O)[nH]1. The van der Waals surface area contributed by atoms with Crippen molar-refractivity contribution in [2.45, 2.75) is 26.6 Å². The number of aromatic nitrogens is 4. The summed E-state index contributed by atoms with van der Waals surface area (Å²) < 4.78 is 27.2. The van der Waals surface area contributed by atoms with E-state index >= 15 is 0 Å². The van der Waals surface area contributed by atoms with Crippen LogP contribution in [-0.4, -0.2) is 26.7 Å². The van der Waals surface area contributed by atoms with Gasteiger partial charge >= 0.3 is 5.76 Å². The van der Waals surface area contributed by atoms with Crippen molar-refractivity contribution in [2.24, 2.45) is 0 Å². The van der Waals surface area contributed by atoms with E-state index in [4.69, 9.17) is 14.2 Å². The Hall–Kier alpha value is -4.50. The molecular weight excluding hydrogens is 473 g/mol. The second-order valence-corrected chi connectivity index (χ2v) is 9.00. The smallest absolute Gasteiger partial charge is 0.439 e. The predicted molar refractivity (Wildman–Crippen MR) is 137 cm³/mol. The molecule has 9 heteroatoms. The van der Waals surface area contributed by atoms with Crippen LogP contribution in [0.1, 0.15) is 40.8 Å². The zero-order valence-corrected chi connectivity index (χ0v) is 20.3. The quantitative estimate of drug-likeness (QED) is 0.371. The molecule has 0 atom stereocenters. The Morgan fingerprint density at radius 3 is 2.78 bits per heavy atom. The van der Waals surface area contributed by atoms with E-state index in [1.54, 1.807) is 6.07 Å². The van der Waals surface area contributed by atoms with Crippen LogP contribution in [0.15, 0.2) is 70.0 Å². The van der Waals surface area contributed by atoms with Crippen molar-refractivity contribution >= 4 is 22.2 Å². The van der Waals surface area contributed by atoms with E-state index in [1.807, 2.05) is 38.2 Å². The lowest BCUT2D eigenvalue weighted by Gasteiger charge is -2.15. The largest absolute Gasteiger partial charge is 0.488 e. The van der Waals surface area contributed by atoms with Gasteiger partial charge in [-0.2, -0.15) is 0 Å². The van der Waals surface area contributed by atoms with Crippen LogP contribution in [0.2, 0.25) is 0 Å². The zero-order chi connectivity index (χ0) is 25.5. The molecule has 3 heterocycles. The Bertz CT molecular complexity index is 1730. The summed E-state index contributed by atoms with van der Waals surface area (Å²) in [5.74, 6) is 0.661. The highest BCUT2D eigenvalue weighted by molar-refractivity contribution is 5.99. The maximum absolute atomic E-state index is 14.1. The Morgan fingerprint density at radius 2 is 1.97 bits per heavy atom. The number of aromatic amines is 1. The highest BCUT2D eigenvalue weighted by atomic mass is 19.1. The molecule has 0 aliphatic carbocycles. The minimum Gasteiger partial charge on any atom is -0.488 e. The van der Waals surface area contributed by atoms with Crippen LogP contribution in [0.3, 0.4) is 0 Å². The van der Waals surface area contributed by atoms with Gasteiger partial charge in [0.2, 0.25) is 0 Å². The van der Waals surface area contributed by atoms with Gasteiger partial charge in [-0.15, -0.1) is 0 Å². The molecule has 2 aromatic heterocycles. The number of fused-ring (bicyclic) bond motifs is 3. The van der Waals surface area contributed by atoms with Crippen LogP contribution >= 0.6 is 0 Å². The number of benzene rings is 3. The summed E-state index contributed by atoms with van der Waals surface area (Å²) >= 11 is 0. The Morgan fingerprint density at radius 1 is 1.14 bits per heavy atom. The summed E-state index contributed by atoms with van der Waals surface area (Å²) in [7, 11) is 1.90. The van der Waals surface area contributed by atoms with E-state index in [0.29, 0.717) is 35.8 Å². The maximum Gasteiger partial charge on any atom is 0.439 e. The van der Waals surface area contributed by atoms with Crippen LogP contribution in [0.25, 0.3) is 22.2 Å². The van der Waals surface area contributed by atoms with E-state index in [0.717, 1.165) is 39.1 Å². The molecule has 6 rings (SSSR count). The van der Waals surface area contributed by atoms with Crippen LogP contribution < -0.4 is 15.8 Å². The maximum atomic E-state index is 14.1. The molecule has 0 fully saturated rings. The highest BCUT2D eigenvalue weighted by Crippen LogP contribution is 2.41. The summed E-state index contributed by atoms with van der Waals surface area (Å²) in [5, 5.41) is 7.08. The summed E-state index contributed by atoms with van der Waals surface area (Å²) in [6.45, 7) is 3.38. The van der Waals surface area contributed by atoms with E-state index in [2.05, 4.69) is 38.2 Å². The van der Waals surface area contributed by atoms with Crippen molar-refractivity contribution in [2.75, 3.05) is 7.05 Å². The molecule has 0 radical (unpaired) electrons. The molecule has 5 aromatic rings. The third-order valence-corrected chi connectivity index (χ3v) is 6.61. The van der Waals surface area contributed by atoms with Crippen LogP contribution in [-0.2, 0) is 19.7 Å². The fourth-order valence-electron chi connectivity index (χ4n) is 4.92. The first-order chi connectivity index (χ1) is 18.0. The number of rotatable bonds is 5. The molecular formula is C28H24FN5O3. The van der Waals surface area contributed by atoms with Crippen molar-refractivity contribution in [3.8, 4) is 5.75 Å². The first kappa shape index (κ1) is 22.9. The number of allylic oxidation sites excluding steroid dienone is 1. The first-order valence-corrected chi connectivity index (χ1v) is 11.9. The van der Waals surface area contributed by atoms with Crippen molar-refractivity contribution in [3.63, 3.8) is 0 Å². The molecule has 8 nitrogen and oxygen atoms in total. The molecule has 0 saturated carbocycles. The number of hydrogen-bond donors (Lipinski definition) is 2. The number of hydrogen-bond acceptors (Lipinski definition) is 6. The Kier molecular flexibility index (Phi) is 5.69. The van der Waals surface area contributed by atoms with Gasteiger partial charge < -0.3 is 14.6 Å². The van der Waals surface area contributed by atoms with Crippen molar-refractivity contribution in [1.82, 2.24) is 25.0 Å². The lowest BCUT2D eigenvalue weighted by atomic mass is 9.89. The van der Waals surface area contributed by atoms with Crippen LogP contribution in [0.5, 0.6) is 5.75 Å². The standard InChI is InChI=1S/C28H24FN5O3/c1-16(27-32-28(35)37-33-27)26-20-9-7-17(11-18(20)15-36-24-12-19(29)8-10-21(24)26)14-34-23-6-4-3-5-22(23)31-25(34)13-30-2/h3-12,30H,13-15H2,1-2H3,(H,32,33,35)/b26-16+. The van der Waals surface area contributed by atoms with E-state index in [9.17, 15) is 9.18 Å². The van der Waals surface area contributed by atoms with Gasteiger partial charge in [-0.3, -0.25) is 9.51 Å². The number of halogens is 1. The van der Waals surface area contributed by atoms with Crippen molar-refractivity contribution in [3.05, 3.63) is 111 Å². The van der Waals surface area contributed by atoms with Crippen molar-refractivity contribution in [1.29, 1.82) is 0 Å². The van der Waals surface area contributed by atoms with Gasteiger partial charge in [0.15, 0.2) is 5.82 Å². The van der Waals surface area contributed by atoms with Gasteiger partial charge in [-0.25, -0.2) is 14.2 Å². The lowest BCUT2D eigenvalue weighted by Crippen LogP contribution is -2.13. The minimum absolute atomic E-state index is 0.264. The average molecular weight is 498 g/mol. The molecule has 186 valence electrons. The molecule has 1 aliphatic heterocycles. The van der Waals surface area contributed by atoms with E-state index < -0.39 is 5.76 Å². The van der Waals surface area contributed by atoms with Gasteiger partial charge in [0.1, 0.15) is 24.0 Å². The molecule has 0 bridgehead atoms. The topological polar surface area (TPSA) is 98.0 Å². The average Bonchev–Trinajstić information content (AvgIpc) is 3.44. The van der Waals surface area contributed by atoms with Crippen molar-refractivity contribution < 1.29 is 13.7 Å². The minimum atomic E-state index is -0.639. The zero-order valence-electron chi connectivity index (χ0n) is 20.3. The van der Waals surface area contributed by atoms with Crippen LogP contribution in [0, 0.1) is 5.82 Å². The Balaban J connectivity index is 1.48. The normalized spacial score (nSPS) is 14.1. The molecule has 0 saturated heterocycles. The first-order valence-electron chi connectivity index (χ1n) is 11.9. The fourth-order valence-corrected chi connectivity index (χ4v) is 4.92. The lowest BCUT2D eigenvalue weighted by molar-refractivity contribution is 0.305. The molecule has 0 amide bonds. The second-order valence-electron chi connectivity index (χ2n) is 9.00. The summed E-state index contributed by atoms with van der Waals surface area (Å²) in [4.78, 5) is 19.1. The molecule has 1 aliphatic rings. The number of imidazole rings is 1. The van der Waals surface area contributed by atoms with Gasteiger partial charge in [0.05, 0.1) is 17.6 Å². The fraction of sp³-hybridized carbons (Fsp3) is 0.179.